The van der Waals surface area contributed by atoms with Crippen LogP contribution >= 0.6 is 0 Å². The Morgan fingerprint density at radius 1 is 1.27 bits per heavy atom. The fourth-order valence-corrected chi connectivity index (χ4v) is 1.99. The highest BCUT2D eigenvalue weighted by Gasteiger charge is 2.33. The van der Waals surface area contributed by atoms with Crippen molar-refractivity contribution in [2.24, 2.45) is 0 Å². The Labute approximate surface area is 130 Å². The van der Waals surface area contributed by atoms with Gasteiger partial charge >= 0.3 is 6.09 Å². The molecule has 6 heteroatoms. The van der Waals surface area contributed by atoms with Crippen molar-refractivity contribution < 1.29 is 18.7 Å². The minimum absolute atomic E-state index is 0.360. The van der Waals surface area contributed by atoms with Gasteiger partial charge in [-0.1, -0.05) is 0 Å². The van der Waals surface area contributed by atoms with E-state index in [0.29, 0.717) is 17.5 Å². The number of rotatable bonds is 4. The van der Waals surface area contributed by atoms with E-state index in [4.69, 9.17) is 4.74 Å². The highest BCUT2D eigenvalue weighted by Crippen LogP contribution is 2.29. The van der Waals surface area contributed by atoms with Crippen molar-refractivity contribution in [2.45, 2.75) is 38.8 Å². The number of ether oxygens (including phenoxy) is 1. The molecule has 0 fully saturated rings. The molecule has 1 aromatic carbocycles. The Morgan fingerprint density at radius 2 is 1.86 bits per heavy atom. The van der Waals surface area contributed by atoms with Gasteiger partial charge in [-0.25, -0.2) is 9.18 Å². The fraction of sp³-hybridized carbons (Fsp3) is 0.500. The quantitative estimate of drug-likeness (QED) is 0.869. The lowest BCUT2D eigenvalue weighted by atomic mass is 9.91. The minimum atomic E-state index is -1.40. The van der Waals surface area contributed by atoms with Crippen LogP contribution in [0.5, 0.6) is 0 Å². The molecular weight excluding hydrogens is 287 g/mol. The second-order valence-electron chi connectivity index (χ2n) is 6.50. The monoisotopic (exact) mass is 310 g/mol. The lowest BCUT2D eigenvalue weighted by Gasteiger charge is -2.31. The van der Waals surface area contributed by atoms with Crippen molar-refractivity contribution in [3.8, 4) is 0 Å². The fourth-order valence-electron chi connectivity index (χ4n) is 1.99. The summed E-state index contributed by atoms with van der Waals surface area (Å²) in [5.74, 6) is -0.486. The van der Waals surface area contributed by atoms with Gasteiger partial charge in [0, 0.05) is 25.3 Å². The number of alkyl carbamates (subject to hydrolysis) is 1. The summed E-state index contributed by atoms with van der Waals surface area (Å²) in [7, 11) is 3.55. The van der Waals surface area contributed by atoms with Crippen molar-refractivity contribution in [3.63, 3.8) is 0 Å². The van der Waals surface area contributed by atoms with Crippen LogP contribution in [-0.4, -0.2) is 32.1 Å². The molecular formula is C16H23FN2O3. The maximum atomic E-state index is 13.6. The first-order valence-electron chi connectivity index (χ1n) is 6.93. The summed E-state index contributed by atoms with van der Waals surface area (Å²) in [4.78, 5) is 25.3. The number of carbonyl (C=O) groups is 2. The molecule has 0 bridgehead atoms. The molecule has 0 saturated carbocycles. The zero-order chi connectivity index (χ0) is 17.1. The molecule has 1 amide bonds. The first-order valence-corrected chi connectivity index (χ1v) is 6.93. The zero-order valence-electron chi connectivity index (χ0n) is 13.9. The van der Waals surface area contributed by atoms with Gasteiger partial charge in [-0.3, -0.25) is 0 Å². The van der Waals surface area contributed by atoms with Crippen LogP contribution < -0.4 is 10.2 Å². The molecule has 5 nitrogen and oxygen atoms in total. The van der Waals surface area contributed by atoms with Gasteiger partial charge in [0.2, 0.25) is 0 Å². The number of nitrogens with one attached hydrogen (secondary N) is 1. The Kier molecular flexibility index (Phi) is 5.17. The van der Waals surface area contributed by atoms with E-state index in [1.54, 1.807) is 45.8 Å². The van der Waals surface area contributed by atoms with Crippen LogP contribution in [-0.2, 0) is 15.1 Å². The normalized spacial score (nSPS) is 14.0. The van der Waals surface area contributed by atoms with Gasteiger partial charge in [-0.05, 0) is 45.9 Å². The van der Waals surface area contributed by atoms with Gasteiger partial charge in [0.1, 0.15) is 23.2 Å². The van der Waals surface area contributed by atoms with Crippen molar-refractivity contribution >= 4 is 18.1 Å². The number of hydrogen-bond donors (Lipinski definition) is 1. The summed E-state index contributed by atoms with van der Waals surface area (Å²) < 4.78 is 18.8. The predicted molar refractivity (Wildman–Crippen MR) is 83.5 cm³/mol. The van der Waals surface area contributed by atoms with E-state index in [1.807, 2.05) is 0 Å². The minimum Gasteiger partial charge on any atom is -0.444 e. The van der Waals surface area contributed by atoms with Crippen molar-refractivity contribution in [1.29, 1.82) is 0 Å². The van der Waals surface area contributed by atoms with E-state index in [9.17, 15) is 14.0 Å². The number of hydrogen-bond acceptors (Lipinski definition) is 4. The first kappa shape index (κ1) is 17.9. The van der Waals surface area contributed by atoms with Crippen molar-refractivity contribution in [3.05, 3.63) is 29.6 Å². The average Bonchev–Trinajstić information content (AvgIpc) is 2.35. The van der Waals surface area contributed by atoms with E-state index < -0.39 is 23.1 Å². The molecule has 0 radical (unpaired) electrons. The average molecular weight is 310 g/mol. The summed E-state index contributed by atoms with van der Waals surface area (Å²) in [6.45, 7) is 6.67. The summed E-state index contributed by atoms with van der Waals surface area (Å²) in [5.41, 5.74) is -1.10. The molecule has 0 heterocycles. The Bertz CT molecular complexity index is 567. The Hall–Kier alpha value is -2.11. The number of halogens is 1. The molecule has 1 aromatic rings. The lowest BCUT2D eigenvalue weighted by Crippen LogP contribution is -2.47. The molecule has 0 aromatic heterocycles. The largest absolute Gasteiger partial charge is 0.444 e. The van der Waals surface area contributed by atoms with Gasteiger partial charge < -0.3 is 19.7 Å². The van der Waals surface area contributed by atoms with E-state index >= 15 is 0 Å². The molecule has 22 heavy (non-hydrogen) atoms. The van der Waals surface area contributed by atoms with Gasteiger partial charge in [-0.15, -0.1) is 0 Å². The standard InChI is InChI=1S/C16H23FN2O3/c1-15(2,3)22-14(21)18-16(4,10-20)12-9-11(17)7-8-13(12)19(5)6/h7-10H,1-6H3,(H,18,21). The number of amides is 1. The number of carbonyl (C=O) groups excluding carboxylic acids is 2. The van der Waals surface area contributed by atoms with Crippen LogP contribution in [0.15, 0.2) is 18.2 Å². The molecule has 1 rings (SSSR count). The molecule has 1 N–H and O–H groups in total. The van der Waals surface area contributed by atoms with Crippen LogP contribution in [0, 0.1) is 5.82 Å². The van der Waals surface area contributed by atoms with E-state index in [-0.39, 0.29) is 0 Å². The maximum absolute atomic E-state index is 13.6. The number of aldehydes is 1. The number of benzene rings is 1. The maximum Gasteiger partial charge on any atom is 0.408 e. The van der Waals surface area contributed by atoms with Gasteiger partial charge in [0.25, 0.3) is 0 Å². The molecule has 0 saturated heterocycles. The topological polar surface area (TPSA) is 58.6 Å². The Morgan fingerprint density at radius 3 is 2.32 bits per heavy atom. The molecule has 0 aliphatic rings. The van der Waals surface area contributed by atoms with E-state index in [2.05, 4.69) is 5.32 Å². The molecule has 0 spiro atoms. The highest BCUT2D eigenvalue weighted by atomic mass is 19.1. The zero-order valence-corrected chi connectivity index (χ0v) is 13.9. The lowest BCUT2D eigenvalue weighted by molar-refractivity contribution is -0.113. The van der Waals surface area contributed by atoms with E-state index in [0.717, 1.165) is 0 Å². The van der Waals surface area contributed by atoms with Crippen LogP contribution in [0.3, 0.4) is 0 Å². The van der Waals surface area contributed by atoms with Crippen molar-refractivity contribution in [1.82, 2.24) is 5.32 Å². The van der Waals surface area contributed by atoms with Crippen LogP contribution in [0.4, 0.5) is 14.9 Å². The van der Waals surface area contributed by atoms with Crippen LogP contribution in [0.2, 0.25) is 0 Å². The Balaban J connectivity index is 3.21. The van der Waals surface area contributed by atoms with Crippen LogP contribution in [0.1, 0.15) is 33.3 Å². The third-order valence-corrected chi connectivity index (χ3v) is 3.00. The smallest absolute Gasteiger partial charge is 0.408 e. The molecule has 1 atom stereocenters. The second-order valence-corrected chi connectivity index (χ2v) is 6.50. The third-order valence-electron chi connectivity index (χ3n) is 3.00. The van der Waals surface area contributed by atoms with E-state index in [1.165, 1.54) is 19.1 Å². The second kappa shape index (κ2) is 6.34. The molecule has 0 aliphatic carbocycles. The number of nitrogens with zero attached hydrogens (tertiary/aromatic N) is 1. The van der Waals surface area contributed by atoms with Crippen LogP contribution in [0.25, 0.3) is 0 Å². The van der Waals surface area contributed by atoms with Gasteiger partial charge in [0.15, 0.2) is 0 Å². The third kappa shape index (κ3) is 4.44. The summed E-state index contributed by atoms with van der Waals surface area (Å²) in [6.07, 6.45) is -0.172. The van der Waals surface area contributed by atoms with Gasteiger partial charge in [-0.2, -0.15) is 0 Å². The molecule has 122 valence electrons. The highest BCUT2D eigenvalue weighted by molar-refractivity contribution is 5.80. The SMILES string of the molecule is CN(C)c1ccc(F)cc1C(C)(C=O)NC(=O)OC(C)(C)C. The number of anilines is 1. The summed E-state index contributed by atoms with van der Waals surface area (Å²) in [5, 5.41) is 2.52. The van der Waals surface area contributed by atoms with Crippen molar-refractivity contribution in [2.75, 3.05) is 19.0 Å². The molecule has 0 aliphatic heterocycles. The molecule has 1 unspecified atom stereocenters. The summed E-state index contributed by atoms with van der Waals surface area (Å²) >= 11 is 0. The first-order chi connectivity index (χ1) is 9.98. The van der Waals surface area contributed by atoms with Gasteiger partial charge in [0.05, 0.1) is 0 Å². The predicted octanol–water partition coefficient (Wildman–Crippen LogP) is 2.83. The summed E-state index contributed by atoms with van der Waals surface area (Å²) in [6, 6.07) is 4.10.